The molecule has 4 aliphatic carbocycles. The van der Waals surface area contributed by atoms with E-state index in [1.165, 1.54) is 30.3 Å². The quantitative estimate of drug-likeness (QED) is 0.115. The van der Waals surface area contributed by atoms with Crippen molar-refractivity contribution in [3.8, 4) is 0 Å². The van der Waals surface area contributed by atoms with Crippen LogP contribution in [-0.4, -0.2) is 49.5 Å². The molecule has 0 spiro atoms. The molecule has 0 aromatic carbocycles. The summed E-state index contributed by atoms with van der Waals surface area (Å²) in [5, 5.41) is 33.1. The van der Waals surface area contributed by atoms with E-state index in [-0.39, 0.29) is 28.9 Å². The van der Waals surface area contributed by atoms with Crippen molar-refractivity contribution in [1.29, 1.82) is 5.41 Å². The van der Waals surface area contributed by atoms with Crippen LogP contribution in [0.15, 0.2) is 58.3 Å². The smallest absolute Gasteiger partial charge is 0.361 e. The van der Waals surface area contributed by atoms with Gasteiger partial charge in [0.25, 0.3) is 0 Å². The summed E-state index contributed by atoms with van der Waals surface area (Å²) in [6, 6.07) is 2.99. The Balaban J connectivity index is 1.31. The van der Waals surface area contributed by atoms with Crippen molar-refractivity contribution >= 4 is 30.5 Å². The van der Waals surface area contributed by atoms with Gasteiger partial charge in [0.2, 0.25) is 5.95 Å². The summed E-state index contributed by atoms with van der Waals surface area (Å²) in [4.78, 5) is 20.7. The van der Waals surface area contributed by atoms with Gasteiger partial charge in [0.1, 0.15) is 17.4 Å². The van der Waals surface area contributed by atoms with Gasteiger partial charge in [0, 0.05) is 23.3 Å². The first kappa shape index (κ1) is 28.3. The second kappa shape index (κ2) is 10.1. The van der Waals surface area contributed by atoms with Gasteiger partial charge < -0.3 is 24.8 Å². The topological polar surface area (TPSA) is 146 Å². The van der Waals surface area contributed by atoms with Crippen LogP contribution < -0.4 is 5.32 Å². The SMILES string of the molecule is C[C@]12CC(C=N)=C([NH2+]c3ccc(F)nc3)C=C1CC[C@@H]1C2[C@@H](O)C[C@@]2(C)C1CC[C@]2(OC(=O)c1cocn1)C(O)S. The standard InChI is InChI=1S/C30H35FN4O5S/c1-28-10-16(12-32)21(35-18-4-6-24(31)33-13-18)9-17(28)3-5-19-20-7-8-30(27(38)41,29(20,2)11-23(36)25(19)28)40-26(37)22-14-39-15-34-22/h4,6,9,12-15,19-20,23,25,27,32,35-36,38,41H,3,5,7-8,10-11H2,1-2H3/p+1/t19-,20?,23-,25?,27?,28-,29-,30-/m0/s1. The molecule has 0 aliphatic heterocycles. The fourth-order valence-corrected chi connectivity index (χ4v) is 9.31. The fourth-order valence-electron chi connectivity index (χ4n) is 8.84. The van der Waals surface area contributed by atoms with Crippen molar-refractivity contribution in [2.75, 3.05) is 0 Å². The van der Waals surface area contributed by atoms with Crippen LogP contribution >= 0.6 is 12.6 Å². The molecule has 2 heterocycles. The van der Waals surface area contributed by atoms with Crippen LogP contribution in [0, 0.1) is 39.9 Å². The average molecular weight is 584 g/mol. The Bertz CT molecular complexity index is 1410. The van der Waals surface area contributed by atoms with Gasteiger partial charge in [0.05, 0.1) is 12.3 Å². The average Bonchev–Trinajstić information content (AvgIpc) is 3.57. The summed E-state index contributed by atoms with van der Waals surface area (Å²) in [6.45, 7) is 4.21. The number of nitrogens with two attached hydrogens (primary N) is 1. The van der Waals surface area contributed by atoms with E-state index in [0.29, 0.717) is 19.3 Å². The number of nitrogens with one attached hydrogen (secondary N) is 1. The molecule has 3 unspecified atom stereocenters. The third kappa shape index (κ3) is 4.31. The number of pyridine rings is 1. The summed E-state index contributed by atoms with van der Waals surface area (Å²) in [7, 11) is 0. The molecule has 41 heavy (non-hydrogen) atoms. The van der Waals surface area contributed by atoms with Crippen molar-refractivity contribution < 1.29 is 33.9 Å². The predicted molar refractivity (Wildman–Crippen MR) is 150 cm³/mol. The molecule has 11 heteroatoms. The number of aliphatic hydroxyl groups excluding tert-OH is 2. The van der Waals surface area contributed by atoms with Gasteiger partial charge >= 0.3 is 5.97 Å². The van der Waals surface area contributed by atoms with Crippen LogP contribution in [0.25, 0.3) is 0 Å². The molecular formula is C30H36FN4O5S+. The molecule has 9 nitrogen and oxygen atoms in total. The summed E-state index contributed by atoms with van der Waals surface area (Å²) in [5.74, 6) is -1.07. The zero-order chi connectivity index (χ0) is 29.2. The number of thiol groups is 1. The van der Waals surface area contributed by atoms with Crippen molar-refractivity contribution in [2.45, 2.75) is 69.5 Å². The number of rotatable bonds is 6. The highest BCUT2D eigenvalue weighted by molar-refractivity contribution is 7.80. The highest BCUT2D eigenvalue weighted by atomic mass is 32.1. The van der Waals surface area contributed by atoms with Crippen LogP contribution in [0.5, 0.6) is 0 Å². The summed E-state index contributed by atoms with van der Waals surface area (Å²) in [5.41, 5.74) is 0.177. The predicted octanol–water partition coefficient (Wildman–Crippen LogP) is 3.69. The lowest BCUT2D eigenvalue weighted by Crippen LogP contribution is -2.76. The van der Waals surface area contributed by atoms with Gasteiger partial charge in [-0.1, -0.05) is 19.4 Å². The van der Waals surface area contributed by atoms with Crippen LogP contribution in [0.1, 0.15) is 62.9 Å². The summed E-state index contributed by atoms with van der Waals surface area (Å²) >= 11 is 4.43. The number of ether oxygens (including phenoxy) is 1. The maximum Gasteiger partial charge on any atom is 0.361 e. The fraction of sp³-hybridized carbons (Fsp3) is 0.533. The Morgan fingerprint density at radius 2 is 2.15 bits per heavy atom. The highest BCUT2D eigenvalue weighted by Gasteiger charge is 2.70. The first-order valence-corrected chi connectivity index (χ1v) is 14.6. The molecule has 0 radical (unpaired) electrons. The number of fused-ring (bicyclic) bond motifs is 5. The number of allylic oxidation sites excluding steroid dienone is 3. The second-order valence-corrected chi connectivity index (χ2v) is 13.0. The number of hydrogen-bond donors (Lipinski definition) is 5. The molecule has 2 aromatic rings. The van der Waals surface area contributed by atoms with E-state index in [4.69, 9.17) is 14.6 Å². The molecule has 2 aromatic heterocycles. The van der Waals surface area contributed by atoms with Crippen LogP contribution in [0.3, 0.4) is 0 Å². The van der Waals surface area contributed by atoms with E-state index >= 15 is 0 Å². The molecule has 218 valence electrons. The van der Waals surface area contributed by atoms with Crippen molar-refractivity contribution in [2.24, 2.45) is 28.6 Å². The Morgan fingerprint density at radius 3 is 2.80 bits per heavy atom. The Hall–Kier alpha value is -2.86. The normalized spacial score (nSPS) is 37.0. The third-order valence-electron chi connectivity index (χ3n) is 10.7. The number of esters is 1. The van der Waals surface area contributed by atoms with E-state index in [9.17, 15) is 19.4 Å². The number of oxazole rings is 1. The van der Waals surface area contributed by atoms with Gasteiger partial charge in [0.15, 0.2) is 23.4 Å². The Kier molecular flexibility index (Phi) is 7.00. The highest BCUT2D eigenvalue weighted by Crippen LogP contribution is 2.69. The summed E-state index contributed by atoms with van der Waals surface area (Å²) in [6.07, 6.45) is 10.4. The zero-order valence-corrected chi connectivity index (χ0v) is 24.0. The van der Waals surface area contributed by atoms with Gasteiger partial charge in [-0.05, 0) is 73.8 Å². The molecule has 4 aliphatic rings. The number of nitrogens with zero attached hydrogens (tertiary/aromatic N) is 2. The number of aromatic nitrogens is 2. The maximum atomic E-state index is 13.4. The van der Waals surface area contributed by atoms with E-state index in [2.05, 4.69) is 35.6 Å². The van der Waals surface area contributed by atoms with Gasteiger partial charge in [-0.25, -0.2) is 14.8 Å². The number of halogens is 1. The van der Waals surface area contributed by atoms with Crippen molar-refractivity contribution in [3.05, 3.63) is 65.5 Å². The second-order valence-electron chi connectivity index (χ2n) is 12.5. The molecule has 3 saturated carbocycles. The minimum atomic E-state index is -1.29. The van der Waals surface area contributed by atoms with Crippen LogP contribution in [-0.2, 0) is 4.74 Å². The Labute approximate surface area is 243 Å². The maximum absolute atomic E-state index is 13.4. The van der Waals surface area contributed by atoms with E-state index in [0.717, 1.165) is 42.6 Å². The summed E-state index contributed by atoms with van der Waals surface area (Å²) < 4.78 is 24.4. The zero-order valence-electron chi connectivity index (χ0n) is 23.1. The number of hydrogen-bond acceptors (Lipinski definition) is 9. The van der Waals surface area contributed by atoms with Gasteiger partial charge in [-0.2, -0.15) is 4.39 Å². The molecule has 0 amide bonds. The van der Waals surface area contributed by atoms with E-state index < -0.39 is 34.5 Å². The van der Waals surface area contributed by atoms with Crippen molar-refractivity contribution in [1.82, 2.24) is 9.97 Å². The first-order chi connectivity index (χ1) is 19.5. The van der Waals surface area contributed by atoms with Crippen LogP contribution in [0.2, 0.25) is 0 Å². The third-order valence-corrected chi connectivity index (χ3v) is 11.1. The van der Waals surface area contributed by atoms with Crippen LogP contribution in [0.4, 0.5) is 10.1 Å². The number of carbonyl (C=O) groups is 1. The van der Waals surface area contributed by atoms with Gasteiger partial charge in [-0.3, -0.25) is 5.32 Å². The molecule has 6 rings (SSSR count). The lowest BCUT2D eigenvalue weighted by molar-refractivity contribution is -0.513. The molecule has 0 saturated heterocycles. The minimum Gasteiger partial charge on any atom is -0.451 e. The number of aliphatic hydroxyl groups is 2. The Morgan fingerprint density at radius 1 is 1.34 bits per heavy atom. The number of carbonyl (C=O) groups excluding carboxylic acids is 1. The lowest BCUT2D eigenvalue weighted by Gasteiger charge is -2.61. The first-order valence-electron chi connectivity index (χ1n) is 14.1. The molecule has 0 bridgehead atoms. The monoisotopic (exact) mass is 583 g/mol. The van der Waals surface area contributed by atoms with Crippen molar-refractivity contribution in [3.63, 3.8) is 0 Å². The molecule has 8 atom stereocenters. The lowest BCUT2D eigenvalue weighted by atomic mass is 9.45. The van der Waals surface area contributed by atoms with Gasteiger partial charge in [-0.15, -0.1) is 12.6 Å². The minimum absolute atomic E-state index is 0.0248. The number of quaternary nitrogens is 1. The molecular weight excluding hydrogens is 547 g/mol. The van der Waals surface area contributed by atoms with E-state index in [1.807, 2.05) is 12.2 Å². The molecule has 3 fully saturated rings. The molecule has 5 N–H and O–H groups in total. The largest absolute Gasteiger partial charge is 0.451 e. The van der Waals surface area contributed by atoms with E-state index in [1.54, 1.807) is 6.07 Å².